The fourth-order valence-electron chi connectivity index (χ4n) is 6.27. The zero-order chi connectivity index (χ0) is 32.2. The van der Waals surface area contributed by atoms with Crippen molar-refractivity contribution in [1.29, 1.82) is 0 Å². The number of nitrogens with one attached hydrogen (secondary N) is 1. The minimum Gasteiger partial charge on any atom is -0.454 e. The molecular formula is C34H34ClFN4O6. The lowest BCUT2D eigenvalue weighted by molar-refractivity contribution is -0.124. The van der Waals surface area contributed by atoms with E-state index in [0.29, 0.717) is 61.5 Å². The van der Waals surface area contributed by atoms with Gasteiger partial charge in [-0.2, -0.15) is 0 Å². The number of ether oxygens (including phenoxy) is 2. The van der Waals surface area contributed by atoms with Gasteiger partial charge in [0.2, 0.25) is 12.7 Å². The molecule has 0 unspecified atom stereocenters. The van der Waals surface area contributed by atoms with Crippen molar-refractivity contribution in [3.8, 4) is 11.5 Å². The third kappa shape index (κ3) is 6.50. The predicted octanol–water partition coefficient (Wildman–Crippen LogP) is 4.38. The van der Waals surface area contributed by atoms with Crippen LogP contribution in [0.5, 0.6) is 11.5 Å². The van der Waals surface area contributed by atoms with Crippen molar-refractivity contribution in [2.24, 2.45) is 0 Å². The van der Waals surface area contributed by atoms with Crippen molar-refractivity contribution in [3.05, 3.63) is 94.3 Å². The molecule has 6 rings (SSSR count). The Kier molecular flexibility index (Phi) is 9.39. The number of hydrogen-bond acceptors (Lipinski definition) is 6. The van der Waals surface area contributed by atoms with E-state index >= 15 is 0 Å². The highest BCUT2D eigenvalue weighted by Gasteiger charge is 2.44. The number of likely N-dealkylation sites (tertiary alicyclic amines) is 1. The molecule has 2 bridgehead atoms. The van der Waals surface area contributed by atoms with Gasteiger partial charge in [0.05, 0.1) is 16.6 Å². The van der Waals surface area contributed by atoms with Crippen LogP contribution < -0.4 is 14.8 Å². The first-order valence-electron chi connectivity index (χ1n) is 15.4. The minimum absolute atomic E-state index is 0.0139. The van der Waals surface area contributed by atoms with Crippen LogP contribution in [0.1, 0.15) is 56.8 Å². The van der Waals surface area contributed by atoms with E-state index in [0.717, 1.165) is 6.07 Å². The topological polar surface area (TPSA) is 108 Å². The second-order valence-corrected chi connectivity index (χ2v) is 11.9. The number of carbonyl (C=O) groups excluding carboxylic acids is 4. The Morgan fingerprint density at radius 3 is 2.39 bits per heavy atom. The zero-order valence-corrected chi connectivity index (χ0v) is 25.9. The fourth-order valence-corrected chi connectivity index (χ4v) is 6.51. The van der Waals surface area contributed by atoms with Gasteiger partial charge in [0.1, 0.15) is 11.9 Å². The smallest absolute Gasteiger partial charge is 0.259 e. The predicted molar refractivity (Wildman–Crippen MR) is 167 cm³/mol. The summed E-state index contributed by atoms with van der Waals surface area (Å²) in [6.45, 7) is 1.52. The van der Waals surface area contributed by atoms with E-state index < -0.39 is 23.8 Å². The Morgan fingerprint density at radius 1 is 0.804 bits per heavy atom. The van der Waals surface area contributed by atoms with Crippen molar-refractivity contribution < 1.29 is 33.0 Å². The Labute approximate surface area is 271 Å². The number of carbonyl (C=O) groups is 4. The van der Waals surface area contributed by atoms with Crippen LogP contribution in [-0.2, 0) is 4.79 Å². The summed E-state index contributed by atoms with van der Waals surface area (Å²) in [7, 11) is 0. The van der Waals surface area contributed by atoms with Crippen LogP contribution in [0.2, 0.25) is 5.02 Å². The summed E-state index contributed by atoms with van der Waals surface area (Å²) in [5.74, 6) is -1.21. The molecule has 3 aromatic carbocycles. The maximum absolute atomic E-state index is 14.9. The van der Waals surface area contributed by atoms with Gasteiger partial charge in [0, 0.05) is 43.9 Å². The van der Waals surface area contributed by atoms with Crippen molar-refractivity contribution in [2.45, 2.75) is 37.8 Å². The summed E-state index contributed by atoms with van der Waals surface area (Å²) in [5, 5.41) is 2.86. The quantitative estimate of drug-likeness (QED) is 0.452. The van der Waals surface area contributed by atoms with Crippen LogP contribution in [0, 0.1) is 5.82 Å². The zero-order valence-electron chi connectivity index (χ0n) is 25.1. The molecule has 3 aliphatic heterocycles. The van der Waals surface area contributed by atoms with Crippen LogP contribution in [0.25, 0.3) is 0 Å². The van der Waals surface area contributed by atoms with Crippen molar-refractivity contribution >= 4 is 35.2 Å². The third-order valence-electron chi connectivity index (χ3n) is 8.63. The van der Waals surface area contributed by atoms with Gasteiger partial charge < -0.3 is 29.5 Å². The number of benzene rings is 3. The maximum Gasteiger partial charge on any atom is 0.259 e. The summed E-state index contributed by atoms with van der Waals surface area (Å²) < 4.78 is 25.7. The first kappa shape index (κ1) is 31.3. The summed E-state index contributed by atoms with van der Waals surface area (Å²) in [4.78, 5) is 59.6. The van der Waals surface area contributed by atoms with Gasteiger partial charge in [0.25, 0.3) is 17.7 Å². The molecule has 4 amide bonds. The van der Waals surface area contributed by atoms with Gasteiger partial charge in [-0.05, 0) is 68.1 Å². The van der Waals surface area contributed by atoms with Gasteiger partial charge in [-0.1, -0.05) is 35.9 Å². The van der Waals surface area contributed by atoms with E-state index in [4.69, 9.17) is 21.1 Å². The van der Waals surface area contributed by atoms with Crippen LogP contribution in [0.15, 0.2) is 66.7 Å². The molecule has 2 saturated heterocycles. The lowest BCUT2D eigenvalue weighted by atomic mass is 10.1. The average molecular weight is 649 g/mol. The van der Waals surface area contributed by atoms with Gasteiger partial charge in [-0.15, -0.1) is 0 Å². The molecule has 240 valence electrons. The lowest BCUT2D eigenvalue weighted by Gasteiger charge is -2.31. The minimum atomic E-state index is -0.925. The van der Waals surface area contributed by atoms with Crippen molar-refractivity contribution in [2.75, 3.05) is 39.5 Å². The van der Waals surface area contributed by atoms with Crippen LogP contribution >= 0.6 is 11.6 Å². The molecule has 10 nitrogen and oxygen atoms in total. The Balaban J connectivity index is 1.28. The Bertz CT molecular complexity index is 1620. The SMILES string of the molecule is O=C1NCCCCN(C(=O)c2ccc3c(c2)OCO3)CCCN(C(=O)c2ccccc2)[C@H]2C[C@@H]1N(C(=O)c1c(F)cccc1Cl)C2. The number of hydrogen-bond donors (Lipinski definition) is 1. The van der Waals surface area contributed by atoms with Crippen LogP contribution in [0.4, 0.5) is 4.39 Å². The fraction of sp³-hybridized carbons (Fsp3) is 0.353. The number of fused-ring (bicyclic) bond motifs is 3. The lowest BCUT2D eigenvalue weighted by Crippen LogP contribution is -2.46. The van der Waals surface area contributed by atoms with E-state index in [2.05, 4.69) is 5.32 Å². The molecule has 0 aliphatic carbocycles. The monoisotopic (exact) mass is 648 g/mol. The van der Waals surface area contributed by atoms with E-state index in [1.54, 1.807) is 52.3 Å². The van der Waals surface area contributed by atoms with Crippen molar-refractivity contribution in [3.63, 3.8) is 0 Å². The van der Waals surface area contributed by atoms with Crippen LogP contribution in [-0.4, -0.2) is 89.9 Å². The van der Waals surface area contributed by atoms with E-state index in [1.807, 2.05) is 6.07 Å². The van der Waals surface area contributed by atoms with Crippen LogP contribution in [0.3, 0.4) is 0 Å². The molecule has 0 saturated carbocycles. The average Bonchev–Trinajstić information content (AvgIpc) is 3.72. The highest BCUT2D eigenvalue weighted by molar-refractivity contribution is 6.33. The molecule has 12 heteroatoms. The molecule has 0 spiro atoms. The molecule has 3 heterocycles. The normalized spacial score (nSPS) is 20.2. The second kappa shape index (κ2) is 13.8. The standard InChI is InChI=1S/C34H34ClFN4O6/c35-25-10-6-11-26(36)30(25)34(44)40-20-24-19-27(40)31(41)37-14-4-5-15-38(32(42)23-12-13-28-29(18-23)46-21-45-28)16-7-17-39(24)33(43)22-8-2-1-3-9-22/h1-3,6,8-13,18,24,27H,4-5,7,14-17,19-21H2,(H,37,41)/t24-,27-/m0/s1. The highest BCUT2D eigenvalue weighted by atomic mass is 35.5. The van der Waals surface area contributed by atoms with Crippen molar-refractivity contribution in [1.82, 2.24) is 20.0 Å². The Morgan fingerprint density at radius 2 is 1.59 bits per heavy atom. The van der Waals surface area contributed by atoms with E-state index in [9.17, 15) is 23.6 Å². The van der Waals surface area contributed by atoms with Gasteiger partial charge >= 0.3 is 0 Å². The summed E-state index contributed by atoms with van der Waals surface area (Å²) >= 11 is 6.25. The summed E-state index contributed by atoms with van der Waals surface area (Å²) in [6.07, 6.45) is 1.83. The number of amides is 4. The molecule has 46 heavy (non-hydrogen) atoms. The largest absolute Gasteiger partial charge is 0.454 e. The molecule has 2 atom stereocenters. The van der Waals surface area contributed by atoms with Gasteiger partial charge in [0.15, 0.2) is 11.5 Å². The number of nitrogens with zero attached hydrogens (tertiary/aromatic N) is 3. The molecule has 3 aliphatic rings. The Hall–Kier alpha value is -4.64. The van der Waals surface area contributed by atoms with Gasteiger partial charge in [-0.25, -0.2) is 4.39 Å². The number of halogens is 2. The second-order valence-electron chi connectivity index (χ2n) is 11.5. The highest BCUT2D eigenvalue weighted by Crippen LogP contribution is 2.33. The maximum atomic E-state index is 14.9. The molecule has 2 fully saturated rings. The molecular weight excluding hydrogens is 615 g/mol. The summed E-state index contributed by atoms with van der Waals surface area (Å²) in [6, 6.07) is 16.4. The first-order valence-corrected chi connectivity index (χ1v) is 15.8. The van der Waals surface area contributed by atoms with Gasteiger partial charge in [-0.3, -0.25) is 19.2 Å². The number of rotatable bonds is 3. The third-order valence-corrected chi connectivity index (χ3v) is 8.94. The molecule has 0 radical (unpaired) electrons. The molecule has 1 N–H and O–H groups in total. The summed E-state index contributed by atoms with van der Waals surface area (Å²) in [5.41, 5.74) is 0.620. The molecule has 0 aromatic heterocycles. The van der Waals surface area contributed by atoms with E-state index in [1.165, 1.54) is 17.0 Å². The van der Waals surface area contributed by atoms with E-state index in [-0.39, 0.29) is 54.6 Å². The molecule has 3 aromatic rings. The first-order chi connectivity index (χ1) is 22.3.